The largest absolute Gasteiger partial charge is 0.497 e. The van der Waals surface area contributed by atoms with Crippen LogP contribution in [0.1, 0.15) is 28.9 Å². The number of hydrogen-bond donors (Lipinski definition) is 0. The second-order valence-electron chi connectivity index (χ2n) is 6.93. The Labute approximate surface area is 165 Å². The van der Waals surface area contributed by atoms with Crippen molar-refractivity contribution in [2.24, 2.45) is 5.92 Å². The predicted octanol–water partition coefficient (Wildman–Crippen LogP) is 5.31. The minimum Gasteiger partial charge on any atom is -0.497 e. The molecule has 3 aromatic carbocycles. The lowest BCUT2D eigenvalue weighted by atomic mass is 9.83. The van der Waals surface area contributed by atoms with E-state index in [1.807, 2.05) is 54.6 Å². The van der Waals surface area contributed by atoms with E-state index in [2.05, 4.69) is 24.3 Å². The van der Waals surface area contributed by atoms with Gasteiger partial charge < -0.3 is 9.47 Å². The molecule has 4 heteroatoms. The standard InChI is InChI=1S/C24H24O4/c1-25-20-12-8-18(9-13-20)23-22(16-17-6-4-3-5-7-17)24(28-27-23)19-10-14-21(26-2)15-11-19/h3-15,22-24H,16H2,1-2H3/t23-,24-/m0/s1. The summed E-state index contributed by atoms with van der Waals surface area (Å²) in [6.07, 6.45) is 0.547. The molecule has 0 N–H and O–H groups in total. The summed E-state index contributed by atoms with van der Waals surface area (Å²) in [6, 6.07) is 26.5. The molecule has 4 nitrogen and oxygen atoms in total. The van der Waals surface area contributed by atoms with Crippen LogP contribution in [0.5, 0.6) is 11.5 Å². The summed E-state index contributed by atoms with van der Waals surface area (Å²) in [5.41, 5.74) is 3.43. The Kier molecular flexibility index (Phi) is 5.60. The molecule has 2 atom stereocenters. The van der Waals surface area contributed by atoms with E-state index >= 15 is 0 Å². The third-order valence-electron chi connectivity index (χ3n) is 5.24. The molecular weight excluding hydrogens is 352 g/mol. The van der Waals surface area contributed by atoms with E-state index in [9.17, 15) is 0 Å². The number of benzene rings is 3. The number of rotatable bonds is 6. The number of methoxy groups -OCH3 is 2. The molecule has 1 saturated heterocycles. The van der Waals surface area contributed by atoms with Crippen molar-refractivity contribution in [2.45, 2.75) is 18.6 Å². The molecule has 0 unspecified atom stereocenters. The fourth-order valence-corrected chi connectivity index (χ4v) is 3.71. The maximum Gasteiger partial charge on any atom is 0.124 e. The van der Waals surface area contributed by atoms with Gasteiger partial charge in [0.1, 0.15) is 23.7 Å². The molecule has 3 aromatic rings. The Morgan fingerprint density at radius 1 is 0.643 bits per heavy atom. The molecule has 1 aliphatic heterocycles. The zero-order valence-corrected chi connectivity index (χ0v) is 16.1. The Hall–Kier alpha value is -2.82. The molecule has 144 valence electrons. The van der Waals surface area contributed by atoms with Crippen LogP contribution in [0.2, 0.25) is 0 Å². The first kappa shape index (κ1) is 18.5. The second-order valence-corrected chi connectivity index (χ2v) is 6.93. The predicted molar refractivity (Wildman–Crippen MR) is 107 cm³/mol. The molecule has 0 amide bonds. The molecule has 0 spiro atoms. The van der Waals surface area contributed by atoms with E-state index in [0.29, 0.717) is 0 Å². The van der Waals surface area contributed by atoms with Crippen molar-refractivity contribution < 1.29 is 19.2 Å². The molecule has 1 heterocycles. The van der Waals surface area contributed by atoms with Crippen molar-refractivity contribution in [2.75, 3.05) is 14.2 Å². The first-order chi connectivity index (χ1) is 13.8. The van der Waals surface area contributed by atoms with Gasteiger partial charge in [0.2, 0.25) is 0 Å². The van der Waals surface area contributed by atoms with Gasteiger partial charge in [-0.2, -0.15) is 0 Å². The maximum atomic E-state index is 5.85. The first-order valence-corrected chi connectivity index (χ1v) is 9.42. The van der Waals surface area contributed by atoms with Gasteiger partial charge in [0.15, 0.2) is 0 Å². The van der Waals surface area contributed by atoms with E-state index in [1.54, 1.807) is 14.2 Å². The van der Waals surface area contributed by atoms with Gasteiger partial charge >= 0.3 is 0 Å². The quantitative estimate of drug-likeness (QED) is 0.547. The van der Waals surface area contributed by atoms with E-state index in [0.717, 1.165) is 29.0 Å². The van der Waals surface area contributed by atoms with Gasteiger partial charge in [0.05, 0.1) is 14.2 Å². The Bertz CT molecular complexity index is 819. The summed E-state index contributed by atoms with van der Waals surface area (Å²) in [5.74, 6) is 1.80. The molecular formula is C24H24O4. The molecule has 28 heavy (non-hydrogen) atoms. The van der Waals surface area contributed by atoms with Gasteiger partial charge in [-0.15, -0.1) is 0 Å². The average Bonchev–Trinajstić information content (AvgIpc) is 3.18. The third kappa shape index (κ3) is 3.88. The van der Waals surface area contributed by atoms with E-state index in [4.69, 9.17) is 19.2 Å². The monoisotopic (exact) mass is 376 g/mol. The summed E-state index contributed by atoms with van der Waals surface area (Å²) in [4.78, 5) is 11.7. The third-order valence-corrected chi connectivity index (χ3v) is 5.24. The Morgan fingerprint density at radius 3 is 1.54 bits per heavy atom. The van der Waals surface area contributed by atoms with E-state index in [-0.39, 0.29) is 18.1 Å². The molecule has 1 fully saturated rings. The zero-order chi connectivity index (χ0) is 19.3. The normalized spacial score (nSPS) is 19.5. The molecule has 0 radical (unpaired) electrons. The highest BCUT2D eigenvalue weighted by Gasteiger charge is 2.41. The highest BCUT2D eigenvalue weighted by Crippen LogP contribution is 2.46. The minimum absolute atomic E-state index is 0.143. The minimum atomic E-state index is -0.154. The molecule has 0 bridgehead atoms. The summed E-state index contributed by atoms with van der Waals surface area (Å²) >= 11 is 0. The number of hydrogen-bond acceptors (Lipinski definition) is 4. The van der Waals surface area contributed by atoms with Gasteiger partial charge in [0.25, 0.3) is 0 Å². The van der Waals surface area contributed by atoms with Crippen LogP contribution >= 0.6 is 0 Å². The maximum absolute atomic E-state index is 5.85. The van der Waals surface area contributed by atoms with Crippen LogP contribution in [0.4, 0.5) is 0 Å². The topological polar surface area (TPSA) is 36.9 Å². The summed E-state index contributed by atoms with van der Waals surface area (Å²) in [5, 5.41) is 0. The van der Waals surface area contributed by atoms with Crippen molar-refractivity contribution in [3.8, 4) is 11.5 Å². The van der Waals surface area contributed by atoms with Crippen LogP contribution < -0.4 is 9.47 Å². The summed E-state index contributed by atoms with van der Waals surface area (Å²) < 4.78 is 10.6. The highest BCUT2D eigenvalue weighted by molar-refractivity contribution is 5.33. The molecule has 4 rings (SSSR count). The van der Waals surface area contributed by atoms with Crippen LogP contribution in [0.3, 0.4) is 0 Å². The van der Waals surface area contributed by atoms with Crippen LogP contribution in [0.15, 0.2) is 78.9 Å². The van der Waals surface area contributed by atoms with Crippen molar-refractivity contribution in [1.29, 1.82) is 0 Å². The van der Waals surface area contributed by atoms with Gasteiger partial charge in [0, 0.05) is 5.92 Å². The van der Waals surface area contributed by atoms with Gasteiger partial charge in [-0.05, 0) is 47.4 Å². The van der Waals surface area contributed by atoms with E-state index < -0.39 is 0 Å². The second kappa shape index (κ2) is 8.46. The van der Waals surface area contributed by atoms with Crippen LogP contribution in [-0.2, 0) is 16.2 Å². The van der Waals surface area contributed by atoms with Crippen molar-refractivity contribution >= 4 is 0 Å². The fourth-order valence-electron chi connectivity index (χ4n) is 3.71. The van der Waals surface area contributed by atoms with Crippen molar-refractivity contribution in [3.05, 3.63) is 95.6 Å². The van der Waals surface area contributed by atoms with Crippen LogP contribution in [0.25, 0.3) is 0 Å². The summed E-state index contributed by atoms with van der Waals surface area (Å²) in [6.45, 7) is 0. The van der Waals surface area contributed by atoms with Gasteiger partial charge in [-0.25, -0.2) is 9.78 Å². The average molecular weight is 376 g/mol. The zero-order valence-electron chi connectivity index (χ0n) is 16.1. The van der Waals surface area contributed by atoms with Crippen LogP contribution in [0, 0.1) is 5.92 Å². The van der Waals surface area contributed by atoms with Crippen molar-refractivity contribution in [3.63, 3.8) is 0 Å². The highest BCUT2D eigenvalue weighted by atomic mass is 17.2. The Balaban J connectivity index is 1.64. The first-order valence-electron chi connectivity index (χ1n) is 9.42. The molecule has 0 aromatic heterocycles. The smallest absolute Gasteiger partial charge is 0.124 e. The molecule has 0 aliphatic carbocycles. The SMILES string of the molecule is COc1ccc([C@@H]2OO[C@@H](c3ccc(OC)cc3)C2Cc2ccccc2)cc1. The van der Waals surface area contributed by atoms with Gasteiger partial charge in [-0.3, -0.25) is 0 Å². The Morgan fingerprint density at radius 2 is 1.11 bits per heavy atom. The van der Waals surface area contributed by atoms with Gasteiger partial charge in [-0.1, -0.05) is 54.6 Å². The lowest BCUT2D eigenvalue weighted by Crippen LogP contribution is -2.16. The van der Waals surface area contributed by atoms with Crippen LogP contribution in [-0.4, -0.2) is 14.2 Å². The number of ether oxygens (including phenoxy) is 2. The fraction of sp³-hybridized carbons (Fsp3) is 0.250. The molecule has 1 aliphatic rings. The van der Waals surface area contributed by atoms with E-state index in [1.165, 1.54) is 5.56 Å². The lowest BCUT2D eigenvalue weighted by molar-refractivity contribution is -0.300. The summed E-state index contributed by atoms with van der Waals surface area (Å²) in [7, 11) is 3.34. The molecule has 0 saturated carbocycles. The lowest BCUT2D eigenvalue weighted by Gasteiger charge is -2.21. The van der Waals surface area contributed by atoms with Crippen molar-refractivity contribution in [1.82, 2.24) is 0 Å².